The SMILES string of the molecule is COc1ccc(CCC(N)C2CCCCCC2)cc1. The van der Waals surface area contributed by atoms with E-state index in [-0.39, 0.29) is 0 Å². The summed E-state index contributed by atoms with van der Waals surface area (Å²) in [5, 5.41) is 0. The van der Waals surface area contributed by atoms with Gasteiger partial charge in [0.25, 0.3) is 0 Å². The maximum Gasteiger partial charge on any atom is 0.118 e. The Morgan fingerprint density at radius 2 is 1.74 bits per heavy atom. The molecule has 1 aliphatic carbocycles. The molecule has 1 fully saturated rings. The Morgan fingerprint density at radius 1 is 1.11 bits per heavy atom. The molecule has 0 spiro atoms. The number of ether oxygens (including phenoxy) is 1. The number of hydrogen-bond acceptors (Lipinski definition) is 2. The largest absolute Gasteiger partial charge is 0.497 e. The van der Waals surface area contributed by atoms with Gasteiger partial charge in [-0.1, -0.05) is 37.8 Å². The first-order chi connectivity index (χ1) is 9.29. The van der Waals surface area contributed by atoms with E-state index in [0.29, 0.717) is 6.04 Å². The van der Waals surface area contributed by atoms with Crippen LogP contribution < -0.4 is 10.5 Å². The van der Waals surface area contributed by atoms with Crippen molar-refractivity contribution in [2.24, 2.45) is 11.7 Å². The summed E-state index contributed by atoms with van der Waals surface area (Å²) < 4.78 is 5.18. The molecule has 0 bridgehead atoms. The number of aryl methyl sites for hydroxylation is 1. The van der Waals surface area contributed by atoms with Crippen LogP contribution in [0.2, 0.25) is 0 Å². The van der Waals surface area contributed by atoms with Crippen molar-refractivity contribution in [1.82, 2.24) is 0 Å². The van der Waals surface area contributed by atoms with Gasteiger partial charge in [-0.2, -0.15) is 0 Å². The lowest BCUT2D eigenvalue weighted by Gasteiger charge is -2.22. The van der Waals surface area contributed by atoms with E-state index < -0.39 is 0 Å². The molecule has 0 saturated heterocycles. The van der Waals surface area contributed by atoms with Crippen molar-refractivity contribution in [1.29, 1.82) is 0 Å². The molecule has 0 aromatic heterocycles. The number of benzene rings is 1. The third-order valence-electron chi connectivity index (χ3n) is 4.43. The molecule has 1 aromatic rings. The zero-order chi connectivity index (χ0) is 13.5. The van der Waals surface area contributed by atoms with Gasteiger partial charge in [-0.25, -0.2) is 0 Å². The molecule has 1 aliphatic rings. The topological polar surface area (TPSA) is 35.2 Å². The molecule has 1 aromatic carbocycles. The Kier molecular flexibility index (Phi) is 5.71. The standard InChI is InChI=1S/C17H27NO/c1-19-16-11-8-14(9-12-16)10-13-17(18)15-6-4-2-3-5-7-15/h8-9,11-12,15,17H,2-7,10,13,18H2,1H3. The Labute approximate surface area is 117 Å². The molecule has 2 heteroatoms. The maximum atomic E-state index is 6.40. The van der Waals surface area contributed by atoms with Gasteiger partial charge in [-0.3, -0.25) is 0 Å². The van der Waals surface area contributed by atoms with Crippen molar-refractivity contribution < 1.29 is 4.74 Å². The normalized spacial score (nSPS) is 18.8. The van der Waals surface area contributed by atoms with Crippen LogP contribution in [0.15, 0.2) is 24.3 Å². The second-order valence-corrected chi connectivity index (χ2v) is 5.80. The van der Waals surface area contributed by atoms with Gasteiger partial charge in [0.05, 0.1) is 7.11 Å². The molecule has 0 heterocycles. The fourth-order valence-electron chi connectivity index (χ4n) is 3.10. The molecule has 2 N–H and O–H groups in total. The van der Waals surface area contributed by atoms with Gasteiger partial charge in [0.1, 0.15) is 5.75 Å². The van der Waals surface area contributed by atoms with Gasteiger partial charge in [0.2, 0.25) is 0 Å². The highest BCUT2D eigenvalue weighted by Crippen LogP contribution is 2.26. The lowest BCUT2D eigenvalue weighted by Crippen LogP contribution is -2.30. The van der Waals surface area contributed by atoms with Crippen molar-refractivity contribution >= 4 is 0 Å². The van der Waals surface area contributed by atoms with Crippen LogP contribution in [0.5, 0.6) is 5.75 Å². The molecular formula is C17H27NO. The molecule has 0 amide bonds. The van der Waals surface area contributed by atoms with Crippen LogP contribution >= 0.6 is 0 Å². The van der Waals surface area contributed by atoms with Gasteiger partial charge < -0.3 is 10.5 Å². The van der Waals surface area contributed by atoms with Crippen LogP contribution in [-0.2, 0) is 6.42 Å². The molecule has 1 saturated carbocycles. The molecule has 1 unspecified atom stereocenters. The van der Waals surface area contributed by atoms with Gasteiger partial charge >= 0.3 is 0 Å². The summed E-state index contributed by atoms with van der Waals surface area (Å²) >= 11 is 0. The summed E-state index contributed by atoms with van der Waals surface area (Å²) in [6.07, 6.45) is 10.4. The quantitative estimate of drug-likeness (QED) is 0.815. The zero-order valence-electron chi connectivity index (χ0n) is 12.1. The number of rotatable bonds is 5. The van der Waals surface area contributed by atoms with E-state index in [1.54, 1.807) is 7.11 Å². The molecule has 0 radical (unpaired) electrons. The summed E-state index contributed by atoms with van der Waals surface area (Å²) in [4.78, 5) is 0. The Morgan fingerprint density at radius 3 is 2.32 bits per heavy atom. The Hall–Kier alpha value is -1.02. The number of nitrogens with two attached hydrogens (primary N) is 1. The van der Waals surface area contributed by atoms with E-state index in [0.717, 1.165) is 24.5 Å². The molecule has 0 aliphatic heterocycles. The summed E-state index contributed by atoms with van der Waals surface area (Å²) in [5.74, 6) is 1.68. The van der Waals surface area contributed by atoms with Gasteiger partial charge in [0.15, 0.2) is 0 Å². The van der Waals surface area contributed by atoms with Crippen molar-refractivity contribution in [3.8, 4) is 5.75 Å². The minimum Gasteiger partial charge on any atom is -0.497 e. The van der Waals surface area contributed by atoms with Crippen LogP contribution in [-0.4, -0.2) is 13.2 Å². The van der Waals surface area contributed by atoms with E-state index in [1.807, 2.05) is 12.1 Å². The van der Waals surface area contributed by atoms with Crippen molar-refractivity contribution in [3.05, 3.63) is 29.8 Å². The van der Waals surface area contributed by atoms with E-state index in [2.05, 4.69) is 12.1 Å². The third-order valence-corrected chi connectivity index (χ3v) is 4.43. The third kappa shape index (κ3) is 4.54. The maximum absolute atomic E-state index is 6.40. The van der Waals surface area contributed by atoms with Crippen LogP contribution in [0.1, 0.15) is 50.5 Å². The monoisotopic (exact) mass is 261 g/mol. The second-order valence-electron chi connectivity index (χ2n) is 5.80. The first-order valence-electron chi connectivity index (χ1n) is 7.68. The van der Waals surface area contributed by atoms with Crippen LogP contribution in [0.3, 0.4) is 0 Å². The second kappa shape index (κ2) is 7.54. The number of hydrogen-bond donors (Lipinski definition) is 1. The fourth-order valence-corrected chi connectivity index (χ4v) is 3.10. The van der Waals surface area contributed by atoms with Crippen LogP contribution in [0.25, 0.3) is 0 Å². The van der Waals surface area contributed by atoms with E-state index in [4.69, 9.17) is 10.5 Å². The Balaban J connectivity index is 1.79. The molecule has 2 nitrogen and oxygen atoms in total. The van der Waals surface area contributed by atoms with Gasteiger partial charge in [-0.15, -0.1) is 0 Å². The predicted octanol–water partition coefficient (Wildman–Crippen LogP) is 3.93. The van der Waals surface area contributed by atoms with E-state index in [1.165, 1.54) is 44.1 Å². The van der Waals surface area contributed by atoms with Crippen molar-refractivity contribution in [2.45, 2.75) is 57.4 Å². The molecule has 19 heavy (non-hydrogen) atoms. The first kappa shape index (κ1) is 14.4. The molecule has 106 valence electrons. The lowest BCUT2D eigenvalue weighted by molar-refractivity contribution is 0.359. The molecule has 2 rings (SSSR count). The summed E-state index contributed by atoms with van der Waals surface area (Å²) in [6.45, 7) is 0. The van der Waals surface area contributed by atoms with Gasteiger partial charge in [-0.05, 0) is 49.3 Å². The van der Waals surface area contributed by atoms with Crippen molar-refractivity contribution in [2.75, 3.05) is 7.11 Å². The summed E-state index contributed by atoms with van der Waals surface area (Å²) in [6, 6.07) is 8.75. The van der Waals surface area contributed by atoms with Crippen LogP contribution in [0.4, 0.5) is 0 Å². The van der Waals surface area contributed by atoms with E-state index in [9.17, 15) is 0 Å². The molecular weight excluding hydrogens is 234 g/mol. The average Bonchev–Trinajstić information content (AvgIpc) is 2.74. The van der Waals surface area contributed by atoms with Gasteiger partial charge in [0, 0.05) is 6.04 Å². The average molecular weight is 261 g/mol. The summed E-state index contributed by atoms with van der Waals surface area (Å²) in [5.41, 5.74) is 7.76. The lowest BCUT2D eigenvalue weighted by atomic mass is 9.89. The highest BCUT2D eigenvalue weighted by molar-refractivity contribution is 5.27. The molecule has 1 atom stereocenters. The minimum absolute atomic E-state index is 0.375. The predicted molar refractivity (Wildman–Crippen MR) is 80.5 cm³/mol. The van der Waals surface area contributed by atoms with Crippen LogP contribution in [0, 0.1) is 5.92 Å². The fraction of sp³-hybridized carbons (Fsp3) is 0.647. The first-order valence-corrected chi connectivity index (χ1v) is 7.68. The Bertz CT molecular complexity index is 352. The summed E-state index contributed by atoms with van der Waals surface area (Å²) in [7, 11) is 1.71. The minimum atomic E-state index is 0.375. The van der Waals surface area contributed by atoms with Crippen molar-refractivity contribution in [3.63, 3.8) is 0 Å². The highest BCUT2D eigenvalue weighted by Gasteiger charge is 2.19. The number of methoxy groups -OCH3 is 1. The smallest absolute Gasteiger partial charge is 0.118 e. The van der Waals surface area contributed by atoms with E-state index >= 15 is 0 Å². The highest BCUT2D eigenvalue weighted by atomic mass is 16.5. The zero-order valence-corrected chi connectivity index (χ0v) is 12.1.